The van der Waals surface area contributed by atoms with E-state index in [1.54, 1.807) is 0 Å². The topological polar surface area (TPSA) is 98.3 Å². The molecule has 0 aromatic heterocycles. The molecule has 0 spiro atoms. The zero-order valence-electron chi connectivity index (χ0n) is 4.57. The van der Waals surface area contributed by atoms with Crippen molar-refractivity contribution in [3.63, 3.8) is 0 Å². The molecule has 4 nitrogen and oxygen atoms in total. The van der Waals surface area contributed by atoms with E-state index in [2.05, 4.69) is 12.6 Å². The van der Waals surface area contributed by atoms with Gasteiger partial charge in [-0.05, 0) is 0 Å². The summed E-state index contributed by atoms with van der Waals surface area (Å²) in [6.07, 6.45) is 0. The SMILES string of the molecule is N.NC1(C(=O)O)[Se]C1S. The number of nitrogens with two attached hydrogens (primary N) is 1. The first kappa shape index (κ1) is 9.26. The number of carboxylic acids is 1. The molecule has 1 heterocycles. The molecule has 1 rings (SSSR count). The second kappa shape index (κ2) is 2.48. The van der Waals surface area contributed by atoms with Crippen LogP contribution in [0.1, 0.15) is 0 Å². The second-order valence-corrected chi connectivity index (χ2v) is 5.77. The molecule has 54 valence electrons. The Hall–Kier alpha value is 0.259. The monoisotopic (exact) mass is 216 g/mol. The molecule has 0 saturated carbocycles. The Morgan fingerprint density at radius 1 is 1.89 bits per heavy atom. The molecule has 2 atom stereocenters. The van der Waals surface area contributed by atoms with Crippen molar-refractivity contribution >= 4 is 33.6 Å². The van der Waals surface area contributed by atoms with Crippen LogP contribution in [0.3, 0.4) is 0 Å². The fourth-order valence-corrected chi connectivity index (χ4v) is 2.38. The van der Waals surface area contributed by atoms with Crippen molar-refractivity contribution in [3.8, 4) is 0 Å². The van der Waals surface area contributed by atoms with Crippen molar-refractivity contribution in [2.24, 2.45) is 5.73 Å². The molecular weight excluding hydrogens is 207 g/mol. The summed E-state index contributed by atoms with van der Waals surface area (Å²) in [5.41, 5.74) is 5.28. The molecule has 0 bridgehead atoms. The van der Waals surface area contributed by atoms with Gasteiger partial charge in [0.15, 0.2) is 0 Å². The van der Waals surface area contributed by atoms with Gasteiger partial charge >= 0.3 is 57.8 Å². The summed E-state index contributed by atoms with van der Waals surface area (Å²) in [6.45, 7) is 0. The van der Waals surface area contributed by atoms with Crippen LogP contribution < -0.4 is 11.9 Å². The zero-order valence-corrected chi connectivity index (χ0v) is 7.18. The normalized spacial score (nSPS) is 39.1. The number of aliphatic carboxylic acids is 1. The zero-order chi connectivity index (χ0) is 6.36. The van der Waals surface area contributed by atoms with Crippen LogP contribution in [0.4, 0.5) is 0 Å². The van der Waals surface area contributed by atoms with E-state index in [4.69, 9.17) is 10.8 Å². The quantitative estimate of drug-likeness (QED) is 0.328. The van der Waals surface area contributed by atoms with Crippen LogP contribution in [0.2, 0.25) is 0 Å². The van der Waals surface area contributed by atoms with Gasteiger partial charge in [0.25, 0.3) is 0 Å². The van der Waals surface area contributed by atoms with Crippen LogP contribution in [0.5, 0.6) is 0 Å². The molecule has 2 unspecified atom stereocenters. The third-order valence-corrected chi connectivity index (χ3v) is 4.69. The molecule has 6 heteroatoms. The Labute approximate surface area is 64.3 Å². The molecule has 9 heavy (non-hydrogen) atoms. The Kier molecular flexibility index (Phi) is 2.55. The van der Waals surface area contributed by atoms with Gasteiger partial charge in [0.1, 0.15) is 0 Å². The van der Waals surface area contributed by atoms with Gasteiger partial charge in [-0.3, -0.25) is 0 Å². The van der Waals surface area contributed by atoms with Gasteiger partial charge in [-0.25, -0.2) is 0 Å². The molecular formula is C3H8N2O2SSe. The first-order valence-electron chi connectivity index (χ1n) is 1.95. The van der Waals surface area contributed by atoms with Crippen molar-refractivity contribution in [2.75, 3.05) is 0 Å². The predicted octanol–water partition coefficient (Wildman–Crippen LogP) is -1.14. The van der Waals surface area contributed by atoms with E-state index in [9.17, 15) is 4.79 Å². The maximum absolute atomic E-state index is 10.1. The van der Waals surface area contributed by atoms with E-state index < -0.39 is 10.4 Å². The van der Waals surface area contributed by atoms with Gasteiger partial charge in [0.05, 0.1) is 0 Å². The number of rotatable bonds is 1. The Bertz CT molecular complexity index is 144. The summed E-state index contributed by atoms with van der Waals surface area (Å²) in [6, 6.07) is 0. The molecule has 1 saturated heterocycles. The summed E-state index contributed by atoms with van der Waals surface area (Å²) in [4.78, 5) is 10.1. The van der Waals surface area contributed by atoms with Crippen LogP contribution in [-0.4, -0.2) is 34.6 Å². The number of hydrogen-bond acceptors (Lipinski definition) is 4. The number of hydrogen-bond donors (Lipinski definition) is 4. The van der Waals surface area contributed by atoms with Gasteiger partial charge in [-0.1, -0.05) is 0 Å². The van der Waals surface area contributed by atoms with Gasteiger partial charge in [0.2, 0.25) is 0 Å². The van der Waals surface area contributed by atoms with Crippen molar-refractivity contribution in [1.82, 2.24) is 6.15 Å². The van der Waals surface area contributed by atoms with Crippen LogP contribution >= 0.6 is 12.6 Å². The van der Waals surface area contributed by atoms with Crippen LogP contribution in [-0.2, 0) is 4.79 Å². The third-order valence-electron chi connectivity index (χ3n) is 0.951. The Balaban J connectivity index is 0.000000640. The predicted molar refractivity (Wildman–Crippen MR) is 38.1 cm³/mol. The average molecular weight is 215 g/mol. The molecule has 1 aliphatic heterocycles. The maximum atomic E-state index is 10.1. The van der Waals surface area contributed by atoms with Crippen molar-refractivity contribution in [1.29, 1.82) is 0 Å². The van der Waals surface area contributed by atoms with E-state index >= 15 is 0 Å². The van der Waals surface area contributed by atoms with Gasteiger partial charge < -0.3 is 6.15 Å². The van der Waals surface area contributed by atoms with E-state index in [-0.39, 0.29) is 25.3 Å². The molecule has 0 aromatic carbocycles. The fourth-order valence-electron chi connectivity index (χ4n) is 0.307. The van der Waals surface area contributed by atoms with Crippen LogP contribution in [0.25, 0.3) is 0 Å². The molecule has 0 aromatic rings. The number of carbonyl (C=O) groups is 1. The number of thiol groups is 1. The molecule has 0 amide bonds. The molecule has 1 aliphatic rings. The fraction of sp³-hybridized carbons (Fsp3) is 0.667. The minimum atomic E-state index is -0.948. The van der Waals surface area contributed by atoms with E-state index in [0.29, 0.717) is 0 Å². The summed E-state index contributed by atoms with van der Waals surface area (Å²) >= 11 is 3.92. The van der Waals surface area contributed by atoms with Gasteiger partial charge in [-0.2, -0.15) is 0 Å². The number of carboxylic acid groups (broad SMARTS) is 1. The molecule has 1 fully saturated rings. The summed E-state index contributed by atoms with van der Waals surface area (Å²) < 4.78 is -1.02. The average Bonchev–Trinajstić information content (AvgIpc) is 2.17. The first-order valence-corrected chi connectivity index (χ1v) is 4.32. The summed E-state index contributed by atoms with van der Waals surface area (Å²) in [5, 5.41) is 8.32. The van der Waals surface area contributed by atoms with Crippen molar-refractivity contribution < 1.29 is 9.90 Å². The van der Waals surface area contributed by atoms with Crippen LogP contribution in [0.15, 0.2) is 0 Å². The van der Waals surface area contributed by atoms with Crippen LogP contribution in [0, 0.1) is 0 Å². The molecule has 0 aliphatic carbocycles. The minimum absolute atomic E-state index is 0. The van der Waals surface area contributed by atoms with E-state index in [1.807, 2.05) is 0 Å². The Morgan fingerprint density at radius 2 is 2.22 bits per heavy atom. The van der Waals surface area contributed by atoms with Crippen molar-refractivity contribution in [3.05, 3.63) is 0 Å². The summed E-state index contributed by atoms with van der Waals surface area (Å²) in [5.74, 6) is -0.919. The first-order chi connectivity index (χ1) is 3.57. The van der Waals surface area contributed by atoms with Gasteiger partial charge in [0, 0.05) is 0 Å². The standard InChI is InChI=1S/C3H5NO2SSe.H3N/c4-3(1(5)6)2(7)8-3;/h2,7H,4H2,(H,5,6);1H3. The van der Waals surface area contributed by atoms with E-state index in [0.717, 1.165) is 0 Å². The molecule has 6 N–H and O–H groups in total. The van der Waals surface area contributed by atoms with Crippen molar-refractivity contribution in [2.45, 2.75) is 8.59 Å². The van der Waals surface area contributed by atoms with Gasteiger partial charge in [-0.15, -0.1) is 0 Å². The third kappa shape index (κ3) is 1.39. The Morgan fingerprint density at radius 3 is 2.22 bits per heavy atom. The van der Waals surface area contributed by atoms with E-state index in [1.165, 1.54) is 0 Å². The summed E-state index contributed by atoms with van der Waals surface area (Å²) in [7, 11) is 0. The second-order valence-electron chi connectivity index (χ2n) is 1.57. The molecule has 0 radical (unpaired) electrons.